The predicted molar refractivity (Wildman–Crippen MR) is 139 cm³/mol. The molecule has 4 rings (SSSR count). The van der Waals surface area contributed by atoms with Gasteiger partial charge in [0.25, 0.3) is 0 Å². The summed E-state index contributed by atoms with van der Waals surface area (Å²) < 4.78 is 7.38. The molecule has 35 heavy (non-hydrogen) atoms. The quantitative estimate of drug-likeness (QED) is 0.302. The van der Waals surface area contributed by atoms with E-state index in [0.717, 1.165) is 34.1 Å². The van der Waals surface area contributed by atoms with E-state index in [1.807, 2.05) is 61.5 Å². The van der Waals surface area contributed by atoms with Crippen molar-refractivity contribution in [3.63, 3.8) is 0 Å². The maximum Gasteiger partial charge on any atom is 0.308 e. The number of aromatic nitrogens is 1. The Labute approximate surface area is 206 Å². The zero-order valence-electron chi connectivity index (χ0n) is 20.4. The van der Waals surface area contributed by atoms with Gasteiger partial charge in [0.2, 0.25) is 5.91 Å². The van der Waals surface area contributed by atoms with Gasteiger partial charge in [-0.25, -0.2) is 0 Å². The van der Waals surface area contributed by atoms with Crippen LogP contribution in [0.5, 0.6) is 0 Å². The Morgan fingerprint density at radius 1 is 0.943 bits per heavy atom. The van der Waals surface area contributed by atoms with Crippen LogP contribution in [-0.2, 0) is 27.3 Å². The number of carbonyl (C=O) groups is 2. The van der Waals surface area contributed by atoms with Crippen LogP contribution in [0.2, 0.25) is 0 Å². The smallest absolute Gasteiger partial charge is 0.308 e. The Kier molecular flexibility index (Phi) is 7.99. The number of amides is 1. The molecule has 0 radical (unpaired) electrons. The number of para-hydroxylation sites is 1. The SMILES string of the molecule is CCOC(=O)C[C@@H](NC(=O)CCc1cn(Cc2ccccc2)c2ccccc12)c1ccc(C)cc1. The highest BCUT2D eigenvalue weighted by molar-refractivity contribution is 5.85. The molecule has 0 bridgehead atoms. The lowest BCUT2D eigenvalue weighted by molar-refractivity contribution is -0.143. The number of rotatable bonds is 10. The third-order valence-electron chi connectivity index (χ3n) is 6.18. The van der Waals surface area contributed by atoms with E-state index in [9.17, 15) is 9.59 Å². The number of hydrogen-bond donors (Lipinski definition) is 1. The van der Waals surface area contributed by atoms with Gasteiger partial charge < -0.3 is 14.6 Å². The zero-order chi connectivity index (χ0) is 24.6. The predicted octanol–water partition coefficient (Wildman–Crippen LogP) is 5.74. The second-order valence-electron chi connectivity index (χ2n) is 8.82. The monoisotopic (exact) mass is 468 g/mol. The second-order valence-corrected chi connectivity index (χ2v) is 8.82. The first-order chi connectivity index (χ1) is 17.0. The van der Waals surface area contributed by atoms with E-state index in [1.54, 1.807) is 6.92 Å². The minimum absolute atomic E-state index is 0.0836. The number of benzene rings is 3. The van der Waals surface area contributed by atoms with Gasteiger partial charge in [0.05, 0.1) is 19.1 Å². The summed E-state index contributed by atoms with van der Waals surface area (Å²) in [5.41, 5.74) is 5.56. The van der Waals surface area contributed by atoms with Gasteiger partial charge in [0.1, 0.15) is 0 Å². The van der Waals surface area contributed by atoms with E-state index in [4.69, 9.17) is 4.74 Å². The fourth-order valence-electron chi connectivity index (χ4n) is 4.39. The molecule has 1 atom stereocenters. The van der Waals surface area contributed by atoms with Crippen LogP contribution in [0.25, 0.3) is 10.9 Å². The zero-order valence-corrected chi connectivity index (χ0v) is 20.4. The first kappa shape index (κ1) is 24.3. The van der Waals surface area contributed by atoms with Crippen LogP contribution in [0, 0.1) is 6.92 Å². The van der Waals surface area contributed by atoms with E-state index in [-0.39, 0.29) is 18.3 Å². The molecule has 4 aromatic rings. The van der Waals surface area contributed by atoms with E-state index < -0.39 is 6.04 Å². The van der Waals surface area contributed by atoms with E-state index in [2.05, 4.69) is 40.3 Å². The molecule has 0 saturated carbocycles. The van der Waals surface area contributed by atoms with Crippen molar-refractivity contribution in [3.05, 3.63) is 107 Å². The largest absolute Gasteiger partial charge is 0.466 e. The topological polar surface area (TPSA) is 60.3 Å². The Bertz CT molecular complexity index is 1280. The summed E-state index contributed by atoms with van der Waals surface area (Å²) in [7, 11) is 0. The summed E-state index contributed by atoms with van der Waals surface area (Å²) in [5.74, 6) is -0.401. The maximum absolute atomic E-state index is 13.0. The van der Waals surface area contributed by atoms with Crippen molar-refractivity contribution in [3.8, 4) is 0 Å². The summed E-state index contributed by atoms with van der Waals surface area (Å²) in [6.07, 6.45) is 3.22. The number of esters is 1. The number of fused-ring (bicyclic) bond motifs is 1. The van der Waals surface area contributed by atoms with Crippen molar-refractivity contribution in [1.82, 2.24) is 9.88 Å². The Balaban J connectivity index is 1.47. The fourth-order valence-corrected chi connectivity index (χ4v) is 4.39. The molecule has 1 aromatic heterocycles. The van der Waals surface area contributed by atoms with Crippen LogP contribution < -0.4 is 5.32 Å². The molecule has 180 valence electrons. The molecule has 1 N–H and O–H groups in total. The van der Waals surface area contributed by atoms with Crippen molar-refractivity contribution in [2.45, 2.75) is 45.7 Å². The molecule has 5 nitrogen and oxygen atoms in total. The maximum atomic E-state index is 13.0. The Morgan fingerprint density at radius 3 is 2.40 bits per heavy atom. The minimum atomic E-state index is -0.415. The first-order valence-corrected chi connectivity index (χ1v) is 12.2. The van der Waals surface area contributed by atoms with Crippen LogP contribution in [-0.4, -0.2) is 23.1 Å². The van der Waals surface area contributed by atoms with Crippen LogP contribution in [0.4, 0.5) is 0 Å². The molecule has 1 heterocycles. The van der Waals surface area contributed by atoms with Crippen LogP contribution in [0.15, 0.2) is 85.1 Å². The van der Waals surface area contributed by atoms with Gasteiger partial charge in [-0.2, -0.15) is 0 Å². The second kappa shape index (κ2) is 11.5. The van der Waals surface area contributed by atoms with Crippen molar-refractivity contribution in [2.75, 3.05) is 6.61 Å². The van der Waals surface area contributed by atoms with Gasteiger partial charge in [0, 0.05) is 30.1 Å². The lowest BCUT2D eigenvalue weighted by atomic mass is 10.0. The van der Waals surface area contributed by atoms with Crippen molar-refractivity contribution in [1.29, 1.82) is 0 Å². The molecular weight excluding hydrogens is 436 g/mol. The van der Waals surface area contributed by atoms with Gasteiger partial charge in [-0.05, 0) is 43.0 Å². The lowest BCUT2D eigenvalue weighted by Gasteiger charge is -2.19. The number of ether oxygens (including phenoxy) is 1. The Hall–Kier alpha value is -3.86. The summed E-state index contributed by atoms with van der Waals surface area (Å²) in [5, 5.41) is 4.23. The summed E-state index contributed by atoms with van der Waals surface area (Å²) >= 11 is 0. The number of aryl methyl sites for hydroxylation is 2. The summed E-state index contributed by atoms with van der Waals surface area (Å²) in [4.78, 5) is 25.1. The van der Waals surface area contributed by atoms with Gasteiger partial charge >= 0.3 is 5.97 Å². The van der Waals surface area contributed by atoms with Gasteiger partial charge in [-0.15, -0.1) is 0 Å². The van der Waals surface area contributed by atoms with E-state index in [0.29, 0.717) is 19.4 Å². The average molecular weight is 469 g/mol. The highest BCUT2D eigenvalue weighted by atomic mass is 16.5. The molecule has 0 aliphatic rings. The summed E-state index contributed by atoms with van der Waals surface area (Å²) in [6.45, 7) is 4.89. The highest BCUT2D eigenvalue weighted by Crippen LogP contribution is 2.24. The minimum Gasteiger partial charge on any atom is -0.466 e. The molecule has 0 unspecified atom stereocenters. The van der Waals surface area contributed by atoms with Gasteiger partial charge in [0.15, 0.2) is 0 Å². The van der Waals surface area contributed by atoms with E-state index >= 15 is 0 Å². The number of carbonyl (C=O) groups excluding carboxylic acids is 2. The summed E-state index contributed by atoms with van der Waals surface area (Å²) in [6, 6.07) is 26.1. The van der Waals surface area contributed by atoms with Crippen LogP contribution in [0.1, 0.15) is 48.1 Å². The normalized spacial score (nSPS) is 11.8. The first-order valence-electron chi connectivity index (χ1n) is 12.2. The number of hydrogen-bond acceptors (Lipinski definition) is 3. The standard InChI is InChI=1S/C30H32N2O3/c1-3-35-30(34)19-27(24-15-13-22(2)14-16-24)31-29(33)18-17-25-21-32(20-23-9-5-4-6-10-23)28-12-8-7-11-26(25)28/h4-16,21,27H,3,17-20H2,1-2H3,(H,31,33)/t27-/m1/s1. The molecule has 3 aromatic carbocycles. The molecule has 0 aliphatic carbocycles. The van der Waals surface area contributed by atoms with Crippen molar-refractivity contribution in [2.24, 2.45) is 0 Å². The third-order valence-corrected chi connectivity index (χ3v) is 6.18. The molecular formula is C30H32N2O3. The molecule has 0 saturated heterocycles. The van der Waals surface area contributed by atoms with Crippen molar-refractivity contribution < 1.29 is 14.3 Å². The molecule has 0 spiro atoms. The van der Waals surface area contributed by atoms with Crippen LogP contribution >= 0.6 is 0 Å². The third kappa shape index (κ3) is 6.38. The van der Waals surface area contributed by atoms with Crippen molar-refractivity contribution >= 4 is 22.8 Å². The lowest BCUT2D eigenvalue weighted by Crippen LogP contribution is -2.30. The highest BCUT2D eigenvalue weighted by Gasteiger charge is 2.20. The van der Waals surface area contributed by atoms with Gasteiger partial charge in [-0.1, -0.05) is 78.4 Å². The molecule has 5 heteroatoms. The molecule has 0 aliphatic heterocycles. The number of nitrogens with one attached hydrogen (secondary N) is 1. The van der Waals surface area contributed by atoms with Crippen LogP contribution in [0.3, 0.4) is 0 Å². The number of nitrogens with zero attached hydrogens (tertiary/aromatic N) is 1. The van der Waals surface area contributed by atoms with Gasteiger partial charge in [-0.3, -0.25) is 9.59 Å². The average Bonchev–Trinajstić information content (AvgIpc) is 3.21. The Morgan fingerprint density at radius 2 is 1.66 bits per heavy atom. The fraction of sp³-hybridized carbons (Fsp3) is 0.267. The molecule has 1 amide bonds. The molecule has 0 fully saturated rings. The van der Waals surface area contributed by atoms with E-state index in [1.165, 1.54) is 5.56 Å².